The van der Waals surface area contributed by atoms with Gasteiger partial charge >= 0.3 is 5.97 Å². The van der Waals surface area contributed by atoms with Gasteiger partial charge in [-0.1, -0.05) is 24.3 Å². The third-order valence-electron chi connectivity index (χ3n) is 5.02. The molecule has 0 aromatic heterocycles. The van der Waals surface area contributed by atoms with Crippen molar-refractivity contribution >= 4 is 23.6 Å². The van der Waals surface area contributed by atoms with Crippen molar-refractivity contribution in [3.8, 4) is 0 Å². The van der Waals surface area contributed by atoms with Gasteiger partial charge in [0.25, 0.3) is 5.91 Å². The number of fused-ring (bicyclic) bond motifs is 2. The lowest BCUT2D eigenvalue weighted by Crippen LogP contribution is -2.37. The van der Waals surface area contributed by atoms with Crippen LogP contribution in [0.5, 0.6) is 0 Å². The van der Waals surface area contributed by atoms with E-state index in [2.05, 4.69) is 17.5 Å². The summed E-state index contributed by atoms with van der Waals surface area (Å²) in [6.45, 7) is 2.32. The summed E-state index contributed by atoms with van der Waals surface area (Å²) in [4.78, 5) is 24.4. The first kappa shape index (κ1) is 17.1. The summed E-state index contributed by atoms with van der Waals surface area (Å²) in [5.74, 6) is 0.805. The molecule has 1 aromatic carbocycles. The fourth-order valence-electron chi connectivity index (χ4n) is 3.60. The van der Waals surface area contributed by atoms with E-state index in [1.807, 2.05) is 18.2 Å². The second-order valence-electron chi connectivity index (χ2n) is 6.69. The van der Waals surface area contributed by atoms with E-state index in [1.54, 1.807) is 13.0 Å². The maximum atomic E-state index is 12.6. The van der Waals surface area contributed by atoms with Gasteiger partial charge in [0.2, 0.25) is 0 Å². The summed E-state index contributed by atoms with van der Waals surface area (Å²) >= 11 is 1.21. The average molecular weight is 345 g/mol. The molecule has 0 heterocycles. The van der Waals surface area contributed by atoms with Crippen molar-refractivity contribution in [3.63, 3.8) is 0 Å². The second kappa shape index (κ2) is 7.43. The van der Waals surface area contributed by atoms with Crippen molar-refractivity contribution in [3.05, 3.63) is 42.0 Å². The summed E-state index contributed by atoms with van der Waals surface area (Å²) in [6, 6.07) is 7.22. The molecule has 0 aliphatic heterocycles. The number of nitrogens with one attached hydrogen (secondary N) is 1. The molecule has 128 valence electrons. The Hall–Kier alpha value is -1.75. The zero-order chi connectivity index (χ0) is 17.1. The molecule has 1 amide bonds. The van der Waals surface area contributed by atoms with Crippen LogP contribution in [0.25, 0.3) is 0 Å². The molecule has 4 nitrogen and oxygen atoms in total. The van der Waals surface area contributed by atoms with E-state index in [0.717, 1.165) is 11.3 Å². The van der Waals surface area contributed by atoms with Crippen LogP contribution in [0, 0.1) is 17.8 Å². The number of hydrogen-bond donors (Lipinski definition) is 2. The molecule has 4 rings (SSSR count). The Morgan fingerprint density at radius 2 is 2.08 bits per heavy atom. The Labute approximate surface area is 146 Å². The predicted octanol–water partition coefficient (Wildman–Crippen LogP) is 3.58. The Morgan fingerprint density at radius 1 is 1.29 bits per heavy atom. The standard InChI is InChI=1S/C19H23NO3S/c1-12(19(22)23)24-17-5-3-2-4-16(17)18(21)20-11-15-10-13-6-8-14(15)9-7-13/h2-6,8,12-15H,7,9-11H2,1H3,(H,20,21)(H,22,23). The molecule has 5 heteroatoms. The largest absolute Gasteiger partial charge is 0.480 e. The number of carboxylic acids is 1. The Kier molecular flexibility index (Phi) is 5.29. The minimum atomic E-state index is -0.875. The van der Waals surface area contributed by atoms with E-state index in [0.29, 0.717) is 29.9 Å². The van der Waals surface area contributed by atoms with Crippen molar-refractivity contribution in [1.82, 2.24) is 5.32 Å². The third-order valence-corrected chi connectivity index (χ3v) is 6.19. The minimum absolute atomic E-state index is 0.110. The number of amides is 1. The van der Waals surface area contributed by atoms with Gasteiger partial charge in [0.15, 0.2) is 0 Å². The van der Waals surface area contributed by atoms with Gasteiger partial charge in [-0.2, -0.15) is 0 Å². The van der Waals surface area contributed by atoms with E-state index in [9.17, 15) is 9.59 Å². The highest BCUT2D eigenvalue weighted by Gasteiger charge is 2.32. The Bertz CT molecular complexity index is 658. The van der Waals surface area contributed by atoms with Crippen LogP contribution in [0.15, 0.2) is 41.3 Å². The highest BCUT2D eigenvalue weighted by Crippen LogP contribution is 2.40. The quantitative estimate of drug-likeness (QED) is 0.611. The van der Waals surface area contributed by atoms with Gasteiger partial charge in [0, 0.05) is 11.4 Å². The molecule has 3 aliphatic rings. The van der Waals surface area contributed by atoms with E-state index < -0.39 is 11.2 Å². The zero-order valence-electron chi connectivity index (χ0n) is 13.8. The smallest absolute Gasteiger partial charge is 0.316 e. The van der Waals surface area contributed by atoms with Crippen LogP contribution < -0.4 is 5.32 Å². The lowest BCUT2D eigenvalue weighted by atomic mass is 9.69. The number of thioether (sulfide) groups is 1. The molecule has 4 unspecified atom stereocenters. The van der Waals surface area contributed by atoms with Gasteiger partial charge in [-0.25, -0.2) is 0 Å². The number of carbonyl (C=O) groups excluding carboxylic acids is 1. The van der Waals surface area contributed by atoms with E-state index in [-0.39, 0.29) is 5.91 Å². The van der Waals surface area contributed by atoms with Crippen molar-refractivity contribution in [2.75, 3.05) is 6.54 Å². The van der Waals surface area contributed by atoms with Crippen LogP contribution in [0.2, 0.25) is 0 Å². The zero-order valence-corrected chi connectivity index (χ0v) is 14.6. The van der Waals surface area contributed by atoms with Gasteiger partial charge in [-0.05, 0) is 56.1 Å². The minimum Gasteiger partial charge on any atom is -0.480 e. The summed E-state index contributed by atoms with van der Waals surface area (Å²) in [7, 11) is 0. The first-order valence-corrected chi connectivity index (χ1v) is 9.37. The molecule has 2 bridgehead atoms. The summed E-state index contributed by atoms with van der Waals surface area (Å²) in [5.41, 5.74) is 0.562. The van der Waals surface area contributed by atoms with Crippen molar-refractivity contribution in [1.29, 1.82) is 0 Å². The highest BCUT2D eigenvalue weighted by atomic mass is 32.2. The lowest BCUT2D eigenvalue weighted by Gasteiger charge is -2.38. The topological polar surface area (TPSA) is 66.4 Å². The van der Waals surface area contributed by atoms with Crippen LogP contribution >= 0.6 is 11.8 Å². The number of benzene rings is 1. The maximum absolute atomic E-state index is 12.6. The first-order chi connectivity index (χ1) is 11.5. The molecule has 3 aliphatic carbocycles. The number of carboxylic acid groups (broad SMARTS) is 1. The molecule has 1 fully saturated rings. The molecule has 1 saturated carbocycles. The monoisotopic (exact) mass is 345 g/mol. The van der Waals surface area contributed by atoms with Crippen molar-refractivity contribution in [2.24, 2.45) is 17.8 Å². The van der Waals surface area contributed by atoms with Gasteiger partial charge < -0.3 is 10.4 Å². The van der Waals surface area contributed by atoms with Gasteiger partial charge in [-0.15, -0.1) is 11.8 Å². The SMILES string of the molecule is CC(Sc1ccccc1C(=O)NCC1CC2C=CC1CC2)C(=O)O. The van der Waals surface area contributed by atoms with Crippen molar-refractivity contribution < 1.29 is 14.7 Å². The molecular formula is C19H23NO3S. The Balaban J connectivity index is 1.63. The molecule has 4 atom stereocenters. The lowest BCUT2D eigenvalue weighted by molar-refractivity contribution is -0.136. The van der Waals surface area contributed by atoms with Crippen molar-refractivity contribution in [2.45, 2.75) is 36.3 Å². The molecule has 24 heavy (non-hydrogen) atoms. The van der Waals surface area contributed by atoms with Crippen LogP contribution in [-0.2, 0) is 4.79 Å². The second-order valence-corrected chi connectivity index (χ2v) is 8.07. The number of allylic oxidation sites excluding steroid dienone is 2. The summed E-state index contributed by atoms with van der Waals surface area (Å²) in [5, 5.41) is 11.6. The van der Waals surface area contributed by atoms with E-state index >= 15 is 0 Å². The third kappa shape index (κ3) is 3.83. The first-order valence-electron chi connectivity index (χ1n) is 8.49. The van der Waals surface area contributed by atoms with E-state index in [1.165, 1.54) is 24.6 Å². The van der Waals surface area contributed by atoms with Gasteiger partial charge in [-0.3, -0.25) is 9.59 Å². The summed E-state index contributed by atoms with van der Waals surface area (Å²) < 4.78 is 0. The molecule has 0 radical (unpaired) electrons. The fraction of sp³-hybridized carbons (Fsp3) is 0.474. The van der Waals surface area contributed by atoms with Gasteiger partial charge in [0.1, 0.15) is 5.25 Å². The number of aliphatic carboxylic acids is 1. The Morgan fingerprint density at radius 3 is 2.71 bits per heavy atom. The number of rotatable bonds is 6. The number of hydrogen-bond acceptors (Lipinski definition) is 3. The molecular weight excluding hydrogens is 322 g/mol. The normalized spacial score (nSPS) is 26.1. The van der Waals surface area contributed by atoms with Crippen LogP contribution in [-0.4, -0.2) is 28.8 Å². The predicted molar refractivity (Wildman–Crippen MR) is 95.2 cm³/mol. The maximum Gasteiger partial charge on any atom is 0.316 e. The number of carbonyl (C=O) groups is 2. The van der Waals surface area contributed by atoms with Crippen LogP contribution in [0.3, 0.4) is 0 Å². The van der Waals surface area contributed by atoms with Crippen LogP contribution in [0.1, 0.15) is 36.5 Å². The van der Waals surface area contributed by atoms with Crippen LogP contribution in [0.4, 0.5) is 0 Å². The molecule has 1 aromatic rings. The molecule has 0 saturated heterocycles. The molecule has 2 N–H and O–H groups in total. The van der Waals surface area contributed by atoms with E-state index in [4.69, 9.17) is 5.11 Å². The summed E-state index contributed by atoms with van der Waals surface area (Å²) in [6.07, 6.45) is 8.30. The average Bonchev–Trinajstić information content (AvgIpc) is 2.61. The molecule has 0 spiro atoms. The highest BCUT2D eigenvalue weighted by molar-refractivity contribution is 8.00. The fourth-order valence-corrected chi connectivity index (χ4v) is 4.53. The van der Waals surface area contributed by atoms with Gasteiger partial charge in [0.05, 0.1) is 5.56 Å².